The van der Waals surface area contributed by atoms with Crippen LogP contribution in [0.4, 0.5) is 0 Å². The summed E-state index contributed by atoms with van der Waals surface area (Å²) >= 11 is 3.40. The molecule has 0 radical (unpaired) electrons. The van der Waals surface area contributed by atoms with Gasteiger partial charge in [-0.2, -0.15) is 10.1 Å². The molecule has 3 aromatic rings. The van der Waals surface area contributed by atoms with Gasteiger partial charge in [-0.1, -0.05) is 40.2 Å². The number of aryl methyl sites for hydroxylation is 2. The molecule has 26 heavy (non-hydrogen) atoms. The van der Waals surface area contributed by atoms with Crippen LogP contribution in [0.25, 0.3) is 10.8 Å². The number of carbonyl (C=O) groups is 2. The predicted molar refractivity (Wildman–Crippen MR) is 104 cm³/mol. The first-order valence-electron chi connectivity index (χ1n) is 8.39. The van der Waals surface area contributed by atoms with Crippen molar-refractivity contribution >= 4 is 44.7 Å². The average Bonchev–Trinajstić information content (AvgIpc) is 3.06. The highest BCUT2D eigenvalue weighted by molar-refractivity contribution is 9.10. The monoisotopic (exact) mass is 404 g/mol. The molecule has 2 amide bonds. The number of rotatable bonds is 2. The van der Waals surface area contributed by atoms with Crippen LogP contribution in [0.3, 0.4) is 0 Å². The Hall–Kier alpha value is -2.79. The summed E-state index contributed by atoms with van der Waals surface area (Å²) in [6, 6.07) is 15.2. The van der Waals surface area contributed by atoms with Crippen LogP contribution in [-0.2, 0) is 12.8 Å². The third-order valence-electron chi connectivity index (χ3n) is 5.01. The molecule has 0 bridgehead atoms. The van der Waals surface area contributed by atoms with Crippen molar-refractivity contribution in [3.8, 4) is 0 Å². The topological polar surface area (TPSA) is 49.7 Å². The van der Waals surface area contributed by atoms with Gasteiger partial charge in [-0.15, -0.1) is 0 Å². The van der Waals surface area contributed by atoms with Crippen molar-refractivity contribution in [2.75, 3.05) is 0 Å². The second-order valence-electron chi connectivity index (χ2n) is 6.52. The van der Waals surface area contributed by atoms with Gasteiger partial charge in [0.2, 0.25) is 0 Å². The number of carbonyl (C=O) groups excluding carboxylic acids is 2. The second kappa shape index (κ2) is 5.61. The van der Waals surface area contributed by atoms with E-state index in [-0.39, 0.29) is 11.8 Å². The Morgan fingerprint density at radius 2 is 1.54 bits per heavy atom. The predicted octanol–water partition coefficient (Wildman–Crippen LogP) is 4.33. The van der Waals surface area contributed by atoms with Gasteiger partial charge in [-0.05, 0) is 59.2 Å². The molecule has 0 saturated carbocycles. The summed E-state index contributed by atoms with van der Waals surface area (Å²) in [6.07, 6.45) is 3.45. The number of hydrazone groups is 1. The highest BCUT2D eigenvalue weighted by Gasteiger charge is 2.34. The highest BCUT2D eigenvalue weighted by Crippen LogP contribution is 2.38. The van der Waals surface area contributed by atoms with Crippen LogP contribution in [0.15, 0.2) is 58.1 Å². The maximum Gasteiger partial charge on any atom is 0.282 e. The third-order valence-corrected chi connectivity index (χ3v) is 5.51. The molecule has 0 aromatic heterocycles. The minimum atomic E-state index is -0.371. The minimum absolute atomic E-state index is 0.371. The van der Waals surface area contributed by atoms with E-state index in [2.05, 4.69) is 21.0 Å². The summed E-state index contributed by atoms with van der Waals surface area (Å²) in [6.45, 7) is 0. The molecule has 1 heterocycles. The van der Waals surface area contributed by atoms with E-state index < -0.39 is 0 Å². The quantitative estimate of drug-likeness (QED) is 0.471. The summed E-state index contributed by atoms with van der Waals surface area (Å²) in [7, 11) is 0. The fourth-order valence-electron chi connectivity index (χ4n) is 3.82. The fraction of sp³-hybridized carbons (Fsp3) is 0.0952. The number of halogens is 1. The van der Waals surface area contributed by atoms with E-state index in [0.717, 1.165) is 38.7 Å². The third kappa shape index (κ3) is 2.17. The molecule has 0 spiro atoms. The van der Waals surface area contributed by atoms with E-state index in [0.29, 0.717) is 11.1 Å². The molecular formula is C21H13BrN2O2. The lowest BCUT2D eigenvalue weighted by Gasteiger charge is -2.23. The Morgan fingerprint density at radius 3 is 2.15 bits per heavy atom. The van der Waals surface area contributed by atoms with Crippen molar-refractivity contribution in [1.29, 1.82) is 0 Å². The van der Waals surface area contributed by atoms with Crippen LogP contribution < -0.4 is 0 Å². The SMILES string of the molecule is O=C1c2ccc3c4c(ccc(c24)C(=O)N1/N=C/c1cccc(Br)c1)CC3. The molecule has 0 atom stereocenters. The number of hydrogen-bond donors (Lipinski definition) is 0. The normalized spacial score (nSPS) is 15.5. The van der Waals surface area contributed by atoms with Crippen LogP contribution >= 0.6 is 15.9 Å². The van der Waals surface area contributed by atoms with Gasteiger partial charge < -0.3 is 0 Å². The van der Waals surface area contributed by atoms with E-state index >= 15 is 0 Å². The molecule has 1 aliphatic carbocycles. The molecule has 4 nitrogen and oxygen atoms in total. The lowest BCUT2D eigenvalue weighted by atomic mass is 9.92. The summed E-state index contributed by atoms with van der Waals surface area (Å²) in [5.74, 6) is -0.742. The zero-order chi connectivity index (χ0) is 17.8. The second-order valence-corrected chi connectivity index (χ2v) is 7.43. The summed E-state index contributed by atoms with van der Waals surface area (Å²) in [4.78, 5) is 25.9. The zero-order valence-corrected chi connectivity index (χ0v) is 15.3. The van der Waals surface area contributed by atoms with Crippen molar-refractivity contribution in [2.45, 2.75) is 12.8 Å². The van der Waals surface area contributed by atoms with Crippen LogP contribution in [0.5, 0.6) is 0 Å². The molecule has 126 valence electrons. The van der Waals surface area contributed by atoms with Gasteiger partial charge >= 0.3 is 0 Å². The molecule has 0 unspecified atom stereocenters. The Kier molecular flexibility index (Phi) is 3.34. The summed E-state index contributed by atoms with van der Waals surface area (Å²) < 4.78 is 0.909. The van der Waals surface area contributed by atoms with E-state index in [9.17, 15) is 9.59 Å². The first-order chi connectivity index (χ1) is 12.6. The van der Waals surface area contributed by atoms with E-state index in [4.69, 9.17) is 0 Å². The molecule has 5 rings (SSSR count). The minimum Gasteiger partial charge on any atom is -0.267 e. The van der Waals surface area contributed by atoms with Gasteiger partial charge in [-0.25, -0.2) is 0 Å². The lowest BCUT2D eigenvalue weighted by molar-refractivity contribution is 0.0616. The molecule has 0 fully saturated rings. The Balaban J connectivity index is 1.63. The number of imide groups is 1. The van der Waals surface area contributed by atoms with Crippen molar-refractivity contribution in [2.24, 2.45) is 5.10 Å². The highest BCUT2D eigenvalue weighted by atomic mass is 79.9. The van der Waals surface area contributed by atoms with E-state index in [1.807, 2.05) is 48.5 Å². The van der Waals surface area contributed by atoms with Crippen LogP contribution in [-0.4, -0.2) is 23.0 Å². The molecule has 0 saturated heterocycles. The molecule has 5 heteroatoms. The number of nitrogens with zero attached hydrogens (tertiary/aromatic N) is 2. The van der Waals surface area contributed by atoms with E-state index in [1.165, 1.54) is 17.3 Å². The maximum atomic E-state index is 12.9. The Labute approximate surface area is 158 Å². The molecule has 3 aromatic carbocycles. The average molecular weight is 405 g/mol. The van der Waals surface area contributed by atoms with Crippen LogP contribution in [0, 0.1) is 0 Å². The van der Waals surface area contributed by atoms with Crippen LogP contribution in [0.1, 0.15) is 37.4 Å². The van der Waals surface area contributed by atoms with Crippen LogP contribution in [0.2, 0.25) is 0 Å². The zero-order valence-electron chi connectivity index (χ0n) is 13.7. The van der Waals surface area contributed by atoms with Gasteiger partial charge in [0.1, 0.15) is 0 Å². The Morgan fingerprint density at radius 1 is 0.885 bits per heavy atom. The lowest BCUT2D eigenvalue weighted by Crippen LogP contribution is -2.36. The molecule has 2 aliphatic rings. The van der Waals surface area contributed by atoms with Gasteiger partial charge in [0.15, 0.2) is 0 Å². The number of hydrogen-bond acceptors (Lipinski definition) is 3. The van der Waals surface area contributed by atoms with Gasteiger partial charge in [0.25, 0.3) is 11.8 Å². The fourth-order valence-corrected chi connectivity index (χ4v) is 4.24. The van der Waals surface area contributed by atoms with Crippen molar-refractivity contribution < 1.29 is 9.59 Å². The molecule has 0 N–H and O–H groups in total. The van der Waals surface area contributed by atoms with E-state index in [1.54, 1.807) is 0 Å². The van der Waals surface area contributed by atoms with Gasteiger partial charge in [-0.3, -0.25) is 9.59 Å². The molecule has 1 aliphatic heterocycles. The maximum absolute atomic E-state index is 12.9. The largest absolute Gasteiger partial charge is 0.282 e. The number of benzene rings is 3. The van der Waals surface area contributed by atoms with Gasteiger partial charge in [0, 0.05) is 9.86 Å². The van der Waals surface area contributed by atoms with Gasteiger partial charge in [0.05, 0.1) is 17.3 Å². The van der Waals surface area contributed by atoms with Crippen molar-refractivity contribution in [3.63, 3.8) is 0 Å². The smallest absolute Gasteiger partial charge is 0.267 e. The summed E-state index contributed by atoms with van der Waals surface area (Å²) in [5, 5.41) is 7.03. The summed E-state index contributed by atoms with van der Waals surface area (Å²) in [5.41, 5.74) is 4.33. The van der Waals surface area contributed by atoms with Crippen molar-refractivity contribution in [3.05, 3.63) is 80.8 Å². The Bertz CT molecular complexity index is 1090. The standard InChI is InChI=1S/C21H13BrN2O2/c22-15-3-1-2-12(10-15)11-23-24-20(25)16-8-6-13-4-5-14-7-9-17(21(24)26)19(16)18(13)14/h1-3,6-11H,4-5H2/b23-11+. The first kappa shape index (κ1) is 15.5. The molecular weight excluding hydrogens is 392 g/mol. The number of amides is 2. The van der Waals surface area contributed by atoms with Crippen molar-refractivity contribution in [1.82, 2.24) is 5.01 Å². The first-order valence-corrected chi connectivity index (χ1v) is 9.18.